The zero-order valence-corrected chi connectivity index (χ0v) is 17.1. The highest BCUT2D eigenvalue weighted by Gasteiger charge is 2.43. The molecule has 1 N–H and O–H groups in total. The number of amides is 1. The number of carbonyl (C=O) groups is 2. The summed E-state index contributed by atoms with van der Waals surface area (Å²) in [5.41, 5.74) is -0.819. The predicted octanol–water partition coefficient (Wildman–Crippen LogP) is 1.68. The van der Waals surface area contributed by atoms with Gasteiger partial charge in [0.2, 0.25) is 10.0 Å². The Morgan fingerprint density at radius 2 is 1.82 bits per heavy atom. The summed E-state index contributed by atoms with van der Waals surface area (Å²) in [5, 5.41) is 11.8. The normalized spacial score (nSPS) is 16.1. The fraction of sp³-hybridized carbons (Fsp3) is 0.526. The zero-order chi connectivity index (χ0) is 20.9. The summed E-state index contributed by atoms with van der Waals surface area (Å²) < 4.78 is 31.2. The van der Waals surface area contributed by atoms with E-state index < -0.39 is 34.0 Å². The lowest BCUT2D eigenvalue weighted by atomic mass is 9.98. The highest BCUT2D eigenvalue weighted by molar-refractivity contribution is 7.89. The van der Waals surface area contributed by atoms with Crippen LogP contribution >= 0.6 is 0 Å². The van der Waals surface area contributed by atoms with Crippen molar-refractivity contribution < 1.29 is 22.7 Å². The van der Waals surface area contributed by atoms with Crippen LogP contribution in [0, 0.1) is 17.2 Å². The molecule has 1 aromatic rings. The van der Waals surface area contributed by atoms with Gasteiger partial charge >= 0.3 is 5.97 Å². The number of nitrogens with zero attached hydrogens (tertiary/aromatic N) is 2. The number of esters is 1. The molecular weight excluding hydrogens is 382 g/mol. The van der Waals surface area contributed by atoms with Gasteiger partial charge in [-0.25, -0.2) is 13.2 Å². The lowest BCUT2D eigenvalue weighted by molar-refractivity contribution is -0.125. The average molecular weight is 407 g/mol. The molecule has 9 heteroatoms. The third kappa shape index (κ3) is 4.88. The quantitative estimate of drug-likeness (QED) is 0.623. The van der Waals surface area contributed by atoms with Gasteiger partial charge in [0, 0.05) is 13.1 Å². The number of benzene rings is 1. The summed E-state index contributed by atoms with van der Waals surface area (Å²) in [7, 11) is -3.61. The third-order valence-electron chi connectivity index (χ3n) is 4.79. The second kappa shape index (κ2) is 8.71. The molecule has 28 heavy (non-hydrogen) atoms. The van der Waals surface area contributed by atoms with Gasteiger partial charge in [0.05, 0.1) is 16.5 Å². The third-order valence-corrected chi connectivity index (χ3v) is 6.86. The molecule has 0 bridgehead atoms. The fourth-order valence-corrected chi connectivity index (χ4v) is 4.36. The van der Waals surface area contributed by atoms with Crippen molar-refractivity contribution in [2.24, 2.45) is 5.92 Å². The number of ether oxygens (including phenoxy) is 1. The van der Waals surface area contributed by atoms with E-state index in [1.807, 2.05) is 0 Å². The molecule has 1 atom stereocenters. The van der Waals surface area contributed by atoms with Crippen LogP contribution in [0.1, 0.15) is 44.0 Å². The molecule has 1 aromatic carbocycles. The molecule has 152 valence electrons. The first-order valence-electron chi connectivity index (χ1n) is 9.17. The standard InChI is InChI=1S/C19H25N3O5S/c1-4-22(5-2)28(25,26)16-10-6-14(7-11-16)18(24)27-12-17(23)21-19(3,13-20)15-8-9-15/h6-7,10-11,15H,4-5,8-9,12H2,1-3H3,(H,21,23)/t19-/m1/s1. The summed E-state index contributed by atoms with van der Waals surface area (Å²) in [6.45, 7) is 5.33. The average Bonchev–Trinajstić information content (AvgIpc) is 3.52. The maximum absolute atomic E-state index is 12.4. The monoisotopic (exact) mass is 407 g/mol. The summed E-state index contributed by atoms with van der Waals surface area (Å²) in [6, 6.07) is 7.47. The second-order valence-corrected chi connectivity index (χ2v) is 8.76. The Bertz CT molecular complexity index is 868. The molecule has 0 spiro atoms. The van der Waals surface area contributed by atoms with Gasteiger partial charge in [0.1, 0.15) is 5.54 Å². The molecule has 1 amide bonds. The van der Waals surface area contributed by atoms with Crippen LogP contribution in [0.2, 0.25) is 0 Å². The topological polar surface area (TPSA) is 117 Å². The van der Waals surface area contributed by atoms with Crippen molar-refractivity contribution in [2.75, 3.05) is 19.7 Å². The Kier molecular flexibility index (Phi) is 6.80. The van der Waals surface area contributed by atoms with Crippen molar-refractivity contribution in [3.05, 3.63) is 29.8 Å². The van der Waals surface area contributed by atoms with E-state index in [0.717, 1.165) is 12.8 Å². The first-order valence-corrected chi connectivity index (χ1v) is 10.6. The highest BCUT2D eigenvalue weighted by Crippen LogP contribution is 2.39. The number of nitrogens with one attached hydrogen (secondary N) is 1. The van der Waals surface area contributed by atoms with E-state index >= 15 is 0 Å². The number of hydrogen-bond donors (Lipinski definition) is 1. The van der Waals surface area contributed by atoms with E-state index in [1.54, 1.807) is 20.8 Å². The second-order valence-electron chi connectivity index (χ2n) is 6.83. The summed E-state index contributed by atoms with van der Waals surface area (Å²) >= 11 is 0. The fourth-order valence-electron chi connectivity index (χ4n) is 2.90. The van der Waals surface area contributed by atoms with Crippen molar-refractivity contribution in [1.82, 2.24) is 9.62 Å². The van der Waals surface area contributed by atoms with Gasteiger partial charge in [0.15, 0.2) is 6.61 Å². The molecule has 0 aromatic heterocycles. The molecule has 1 aliphatic carbocycles. The van der Waals surface area contributed by atoms with E-state index in [0.29, 0.717) is 13.1 Å². The zero-order valence-electron chi connectivity index (χ0n) is 16.3. The molecule has 1 saturated carbocycles. The minimum atomic E-state index is -3.61. The van der Waals surface area contributed by atoms with Crippen molar-refractivity contribution in [2.45, 2.75) is 44.0 Å². The number of sulfonamides is 1. The van der Waals surface area contributed by atoms with Gasteiger partial charge in [-0.3, -0.25) is 4.79 Å². The first-order chi connectivity index (χ1) is 13.2. The van der Waals surface area contributed by atoms with Crippen LogP contribution in [0.4, 0.5) is 0 Å². The van der Waals surface area contributed by atoms with Gasteiger partial charge in [-0.1, -0.05) is 13.8 Å². The summed E-state index contributed by atoms with van der Waals surface area (Å²) in [6.07, 6.45) is 1.76. The number of nitriles is 1. The van der Waals surface area contributed by atoms with Crippen LogP contribution in [-0.4, -0.2) is 49.8 Å². The van der Waals surface area contributed by atoms with Crippen LogP contribution in [0.25, 0.3) is 0 Å². The van der Waals surface area contributed by atoms with Crippen molar-refractivity contribution >= 4 is 21.9 Å². The van der Waals surface area contributed by atoms with E-state index in [1.165, 1.54) is 28.6 Å². The minimum Gasteiger partial charge on any atom is -0.452 e. The summed E-state index contributed by atoms with van der Waals surface area (Å²) in [5.74, 6) is -1.17. The van der Waals surface area contributed by atoms with E-state index in [4.69, 9.17) is 4.74 Å². The van der Waals surface area contributed by atoms with Crippen LogP contribution in [0.15, 0.2) is 29.2 Å². The first kappa shape index (κ1) is 21.9. The Hall–Kier alpha value is -2.44. The molecule has 2 rings (SSSR count). The maximum atomic E-state index is 12.4. The maximum Gasteiger partial charge on any atom is 0.338 e. The molecule has 0 saturated heterocycles. The van der Waals surface area contributed by atoms with Gasteiger partial charge in [0.25, 0.3) is 5.91 Å². The Morgan fingerprint density at radius 1 is 1.25 bits per heavy atom. The van der Waals surface area contributed by atoms with Gasteiger partial charge in [-0.2, -0.15) is 9.57 Å². The van der Waals surface area contributed by atoms with Crippen LogP contribution < -0.4 is 5.32 Å². The molecule has 0 unspecified atom stereocenters. The molecule has 0 aliphatic heterocycles. The lowest BCUT2D eigenvalue weighted by Gasteiger charge is -2.22. The minimum absolute atomic E-state index is 0.0831. The Balaban J connectivity index is 1.96. The van der Waals surface area contributed by atoms with E-state index in [9.17, 15) is 23.3 Å². The Labute approximate surface area is 165 Å². The number of hydrogen-bond acceptors (Lipinski definition) is 6. The lowest BCUT2D eigenvalue weighted by Crippen LogP contribution is -2.48. The van der Waals surface area contributed by atoms with Gasteiger partial charge < -0.3 is 10.1 Å². The molecule has 0 heterocycles. The van der Waals surface area contributed by atoms with E-state index in [-0.39, 0.29) is 16.4 Å². The van der Waals surface area contributed by atoms with Crippen LogP contribution in [-0.2, 0) is 19.6 Å². The van der Waals surface area contributed by atoms with Crippen molar-refractivity contribution in [1.29, 1.82) is 5.26 Å². The number of rotatable bonds is 9. The van der Waals surface area contributed by atoms with Gasteiger partial charge in [-0.05, 0) is 49.9 Å². The largest absolute Gasteiger partial charge is 0.452 e. The molecule has 8 nitrogen and oxygen atoms in total. The smallest absolute Gasteiger partial charge is 0.338 e. The highest BCUT2D eigenvalue weighted by atomic mass is 32.2. The predicted molar refractivity (Wildman–Crippen MR) is 102 cm³/mol. The molecule has 1 aliphatic rings. The van der Waals surface area contributed by atoms with Gasteiger partial charge in [-0.15, -0.1) is 0 Å². The van der Waals surface area contributed by atoms with E-state index in [2.05, 4.69) is 11.4 Å². The molecule has 1 fully saturated rings. The molecule has 0 radical (unpaired) electrons. The Morgan fingerprint density at radius 3 is 2.29 bits per heavy atom. The van der Waals surface area contributed by atoms with Crippen molar-refractivity contribution in [3.8, 4) is 6.07 Å². The summed E-state index contributed by atoms with van der Waals surface area (Å²) in [4.78, 5) is 24.2. The SMILES string of the molecule is CCN(CC)S(=O)(=O)c1ccc(C(=O)OCC(=O)N[C@](C)(C#N)C2CC2)cc1. The van der Waals surface area contributed by atoms with Crippen LogP contribution in [0.3, 0.4) is 0 Å². The van der Waals surface area contributed by atoms with Crippen LogP contribution in [0.5, 0.6) is 0 Å². The number of carbonyl (C=O) groups excluding carboxylic acids is 2. The van der Waals surface area contributed by atoms with Crippen molar-refractivity contribution in [3.63, 3.8) is 0 Å². The molecular formula is C19H25N3O5S.